The van der Waals surface area contributed by atoms with Crippen LogP contribution in [0.5, 0.6) is 11.5 Å². The van der Waals surface area contributed by atoms with Crippen molar-refractivity contribution >= 4 is 5.78 Å². The predicted octanol–water partition coefficient (Wildman–Crippen LogP) is 3.06. The fraction of sp³-hybridized carbons (Fsp3) is 0.478. The third kappa shape index (κ3) is 4.77. The van der Waals surface area contributed by atoms with E-state index in [0.29, 0.717) is 18.0 Å². The summed E-state index contributed by atoms with van der Waals surface area (Å²) in [7, 11) is 3.25. The quantitative estimate of drug-likeness (QED) is 0.748. The lowest BCUT2D eigenvalue weighted by Crippen LogP contribution is -2.51. The average Bonchev–Trinajstić information content (AvgIpc) is 2.72. The first kappa shape index (κ1) is 21.3. The molecule has 156 valence electrons. The van der Waals surface area contributed by atoms with Crippen LogP contribution in [0.25, 0.3) is 0 Å². The Bertz CT molecular complexity index is 846. The molecule has 0 bridgehead atoms. The molecule has 2 aromatic rings. The maximum absolute atomic E-state index is 13.7. The second-order valence-corrected chi connectivity index (χ2v) is 8.48. The van der Waals surface area contributed by atoms with Crippen LogP contribution in [-0.2, 0) is 17.8 Å². The number of ketones is 1. The third-order valence-corrected chi connectivity index (χ3v) is 5.39. The van der Waals surface area contributed by atoms with Crippen molar-refractivity contribution in [2.45, 2.75) is 45.8 Å². The highest BCUT2D eigenvalue weighted by Gasteiger charge is 2.38. The van der Waals surface area contributed by atoms with Crippen molar-refractivity contribution in [1.29, 1.82) is 0 Å². The highest BCUT2D eigenvalue weighted by Crippen LogP contribution is 2.37. The molecule has 0 saturated heterocycles. The maximum Gasteiger partial charge on any atom is 0.171 e. The molecule has 29 heavy (non-hydrogen) atoms. The summed E-state index contributed by atoms with van der Waals surface area (Å²) in [5, 5.41) is 6.90. The van der Waals surface area contributed by atoms with Crippen molar-refractivity contribution in [2.75, 3.05) is 20.8 Å². The van der Waals surface area contributed by atoms with E-state index in [9.17, 15) is 4.79 Å². The highest BCUT2D eigenvalue weighted by molar-refractivity contribution is 5.91. The van der Waals surface area contributed by atoms with Gasteiger partial charge < -0.3 is 20.1 Å². The van der Waals surface area contributed by atoms with Gasteiger partial charge >= 0.3 is 0 Å². The summed E-state index contributed by atoms with van der Waals surface area (Å²) >= 11 is 0. The van der Waals surface area contributed by atoms with Crippen LogP contribution in [0.4, 0.5) is 0 Å². The number of carbonyl (C=O) groups is 1. The fourth-order valence-electron chi connectivity index (χ4n) is 3.86. The number of aromatic nitrogens is 1. The minimum atomic E-state index is -0.382. The Morgan fingerprint density at radius 2 is 1.86 bits per heavy atom. The molecule has 2 atom stereocenters. The largest absolute Gasteiger partial charge is 0.493 e. The lowest BCUT2D eigenvalue weighted by molar-refractivity contribution is -0.126. The molecule has 1 aliphatic heterocycles. The van der Waals surface area contributed by atoms with Gasteiger partial charge in [-0.1, -0.05) is 20.8 Å². The van der Waals surface area contributed by atoms with Gasteiger partial charge in [-0.25, -0.2) is 0 Å². The summed E-state index contributed by atoms with van der Waals surface area (Å²) in [6, 6.07) is 7.15. The maximum atomic E-state index is 13.7. The number of nitrogens with zero attached hydrogens (tertiary/aromatic N) is 1. The van der Waals surface area contributed by atoms with Crippen LogP contribution >= 0.6 is 0 Å². The molecule has 6 nitrogen and oxygen atoms in total. The smallest absolute Gasteiger partial charge is 0.171 e. The number of rotatable bonds is 7. The molecule has 6 heteroatoms. The van der Waals surface area contributed by atoms with Gasteiger partial charge in [0.05, 0.1) is 26.3 Å². The van der Waals surface area contributed by atoms with Crippen LogP contribution in [0.15, 0.2) is 36.7 Å². The minimum Gasteiger partial charge on any atom is -0.493 e. The Balaban J connectivity index is 1.89. The van der Waals surface area contributed by atoms with Gasteiger partial charge in [-0.15, -0.1) is 0 Å². The SMILES string of the molecule is COc1cc2c(cc1OC)C(C(=O)[C@@H](NCc1ccncc1)C(C)(C)C)NCC2. The number of ether oxygens (including phenoxy) is 2. The molecule has 1 aromatic heterocycles. The number of hydrogen-bond donors (Lipinski definition) is 2. The number of benzene rings is 1. The van der Waals surface area contributed by atoms with Crippen LogP contribution in [0.1, 0.15) is 43.5 Å². The normalized spacial score (nSPS) is 17.3. The standard InChI is InChI=1S/C23H31N3O3/c1-23(2,3)22(26-14-15-6-9-24-10-7-15)21(27)20-17-13-19(29-5)18(28-4)12-16(17)8-11-25-20/h6-7,9-10,12-13,20,22,25-26H,8,11,14H2,1-5H3/t20?,22-/m1/s1. The zero-order valence-corrected chi connectivity index (χ0v) is 17.9. The molecule has 1 aromatic carbocycles. The molecular formula is C23H31N3O3. The molecule has 2 heterocycles. The van der Waals surface area contributed by atoms with E-state index >= 15 is 0 Å². The molecule has 3 rings (SSSR count). The highest BCUT2D eigenvalue weighted by atomic mass is 16.5. The first-order chi connectivity index (χ1) is 13.8. The van der Waals surface area contributed by atoms with E-state index in [-0.39, 0.29) is 23.3 Å². The van der Waals surface area contributed by atoms with Gasteiger partial charge in [0.2, 0.25) is 0 Å². The van der Waals surface area contributed by atoms with Crippen LogP contribution in [0.2, 0.25) is 0 Å². The minimum absolute atomic E-state index is 0.139. The second kappa shape index (κ2) is 8.93. The van der Waals surface area contributed by atoms with E-state index in [1.54, 1.807) is 26.6 Å². The van der Waals surface area contributed by atoms with Gasteiger partial charge in [0, 0.05) is 25.5 Å². The zero-order chi connectivity index (χ0) is 21.0. The molecule has 0 aliphatic carbocycles. The molecule has 1 unspecified atom stereocenters. The Morgan fingerprint density at radius 1 is 1.21 bits per heavy atom. The number of carbonyl (C=O) groups excluding carboxylic acids is 1. The van der Waals surface area contributed by atoms with Crippen LogP contribution in [-0.4, -0.2) is 37.6 Å². The molecule has 2 N–H and O–H groups in total. The number of nitrogens with one attached hydrogen (secondary N) is 2. The molecule has 1 aliphatic rings. The monoisotopic (exact) mass is 397 g/mol. The van der Waals surface area contributed by atoms with E-state index in [1.807, 2.05) is 24.3 Å². The summed E-state index contributed by atoms with van der Waals surface area (Å²) in [6.45, 7) is 7.64. The Kier molecular flexibility index (Phi) is 6.55. The van der Waals surface area contributed by atoms with Gasteiger partial charge in [-0.2, -0.15) is 0 Å². The van der Waals surface area contributed by atoms with Gasteiger partial charge in [0.25, 0.3) is 0 Å². The van der Waals surface area contributed by atoms with E-state index < -0.39 is 0 Å². The van der Waals surface area contributed by atoms with Gasteiger partial charge in [-0.3, -0.25) is 9.78 Å². The van der Waals surface area contributed by atoms with Crippen LogP contribution < -0.4 is 20.1 Å². The number of methoxy groups -OCH3 is 2. The van der Waals surface area contributed by atoms with Gasteiger partial charge in [0.1, 0.15) is 0 Å². The number of Topliss-reactive ketones (excluding diaryl/α,β-unsaturated/α-hetero) is 1. The van der Waals surface area contributed by atoms with Gasteiger partial charge in [-0.05, 0) is 52.8 Å². The van der Waals surface area contributed by atoms with Gasteiger partial charge in [0.15, 0.2) is 17.3 Å². The third-order valence-electron chi connectivity index (χ3n) is 5.39. The number of hydrogen-bond acceptors (Lipinski definition) is 6. The summed E-state index contributed by atoms with van der Waals surface area (Å²) in [6.07, 6.45) is 4.39. The molecule has 0 fully saturated rings. The number of pyridine rings is 1. The predicted molar refractivity (Wildman–Crippen MR) is 113 cm³/mol. The zero-order valence-electron chi connectivity index (χ0n) is 17.9. The van der Waals surface area contributed by atoms with Crippen molar-refractivity contribution in [3.63, 3.8) is 0 Å². The lowest BCUT2D eigenvalue weighted by atomic mass is 9.79. The van der Waals surface area contributed by atoms with E-state index in [4.69, 9.17) is 9.47 Å². The fourth-order valence-corrected chi connectivity index (χ4v) is 3.86. The van der Waals surface area contributed by atoms with Crippen molar-refractivity contribution in [3.05, 3.63) is 53.3 Å². The number of fused-ring (bicyclic) bond motifs is 1. The molecule has 0 spiro atoms. The van der Waals surface area contributed by atoms with Crippen molar-refractivity contribution in [3.8, 4) is 11.5 Å². The van der Waals surface area contributed by atoms with E-state index in [1.165, 1.54) is 0 Å². The molecule has 0 radical (unpaired) electrons. The van der Waals surface area contributed by atoms with E-state index in [2.05, 4.69) is 36.4 Å². The topological polar surface area (TPSA) is 72.5 Å². The Hall–Kier alpha value is -2.44. The average molecular weight is 398 g/mol. The van der Waals surface area contributed by atoms with E-state index in [0.717, 1.165) is 29.7 Å². The van der Waals surface area contributed by atoms with Crippen LogP contribution in [0, 0.1) is 5.41 Å². The lowest BCUT2D eigenvalue weighted by Gasteiger charge is -2.36. The Morgan fingerprint density at radius 3 is 2.48 bits per heavy atom. The van der Waals surface area contributed by atoms with Crippen molar-refractivity contribution in [2.24, 2.45) is 5.41 Å². The first-order valence-corrected chi connectivity index (χ1v) is 9.99. The summed E-state index contributed by atoms with van der Waals surface area (Å²) < 4.78 is 10.9. The van der Waals surface area contributed by atoms with Crippen molar-refractivity contribution < 1.29 is 14.3 Å². The molecule has 0 saturated carbocycles. The summed E-state index contributed by atoms with van der Waals surface area (Å²) in [4.78, 5) is 17.7. The second-order valence-electron chi connectivity index (χ2n) is 8.48. The summed E-state index contributed by atoms with van der Waals surface area (Å²) in [5.41, 5.74) is 2.96. The van der Waals surface area contributed by atoms with Crippen LogP contribution in [0.3, 0.4) is 0 Å². The first-order valence-electron chi connectivity index (χ1n) is 9.99. The summed E-state index contributed by atoms with van der Waals surface area (Å²) in [5.74, 6) is 1.48. The Labute approximate surface area is 173 Å². The molecular weight excluding hydrogens is 366 g/mol. The van der Waals surface area contributed by atoms with Crippen molar-refractivity contribution in [1.82, 2.24) is 15.6 Å². The molecule has 0 amide bonds.